The average Bonchev–Trinajstić information content (AvgIpc) is 3.49. The molecule has 0 aliphatic heterocycles. The Morgan fingerprint density at radius 1 is 1.14 bits per heavy atom. The van der Waals surface area contributed by atoms with Gasteiger partial charge in [0.2, 0.25) is 5.91 Å². The van der Waals surface area contributed by atoms with Gasteiger partial charge in [-0.15, -0.1) is 11.3 Å². The summed E-state index contributed by atoms with van der Waals surface area (Å²) in [7, 11) is 1.57. The molecule has 5 rings (SSSR count). The van der Waals surface area contributed by atoms with Gasteiger partial charge in [0.1, 0.15) is 22.1 Å². The molecule has 1 amide bonds. The molecule has 5 aromatic rings. The lowest BCUT2D eigenvalue weighted by atomic mass is 10.2. The number of carbonyl (C=O) groups excluding carboxylic acids is 1. The van der Waals surface area contributed by atoms with Crippen molar-refractivity contribution in [1.82, 2.24) is 9.55 Å². The standard InChI is InChI=1S/C26H21N3O4S2/c1-16-11-12-21(33-16)20-14-34-24-23(20)25(31)29(18-8-4-3-5-9-18)26(28-24)35-15-22(30)27-17-7-6-10-19(13-17)32-2/h3-14H,15H2,1-2H3,(H,27,30). The number of aryl methyl sites for hydroxylation is 1. The van der Waals surface area contributed by atoms with E-state index in [0.717, 1.165) is 5.76 Å². The Kier molecular flexibility index (Phi) is 6.43. The topological polar surface area (TPSA) is 86.4 Å². The Labute approximate surface area is 209 Å². The Morgan fingerprint density at radius 3 is 2.71 bits per heavy atom. The highest BCUT2D eigenvalue weighted by atomic mass is 32.2. The van der Waals surface area contributed by atoms with E-state index in [0.29, 0.717) is 43.8 Å². The number of thioether (sulfide) groups is 1. The van der Waals surface area contributed by atoms with Crippen LogP contribution in [0.1, 0.15) is 5.76 Å². The zero-order valence-electron chi connectivity index (χ0n) is 19.0. The molecule has 1 N–H and O–H groups in total. The molecule has 0 fully saturated rings. The van der Waals surface area contributed by atoms with Crippen LogP contribution in [0, 0.1) is 6.92 Å². The first-order valence-electron chi connectivity index (χ1n) is 10.8. The first kappa shape index (κ1) is 22.9. The molecule has 7 nitrogen and oxygen atoms in total. The molecule has 0 saturated carbocycles. The van der Waals surface area contributed by atoms with Gasteiger partial charge in [-0.1, -0.05) is 36.0 Å². The Morgan fingerprint density at radius 2 is 1.97 bits per heavy atom. The van der Waals surface area contributed by atoms with Crippen LogP contribution in [0.25, 0.3) is 27.2 Å². The maximum absolute atomic E-state index is 13.8. The number of hydrogen-bond acceptors (Lipinski definition) is 7. The molecule has 3 aromatic heterocycles. The highest BCUT2D eigenvalue weighted by Gasteiger charge is 2.20. The lowest BCUT2D eigenvalue weighted by Gasteiger charge is -2.12. The third-order valence-corrected chi connectivity index (χ3v) is 7.09. The van der Waals surface area contributed by atoms with Crippen LogP contribution in [0.2, 0.25) is 0 Å². The van der Waals surface area contributed by atoms with Crippen LogP contribution in [-0.4, -0.2) is 28.3 Å². The second-order valence-electron chi connectivity index (χ2n) is 7.68. The molecule has 35 heavy (non-hydrogen) atoms. The third kappa shape index (κ3) is 4.73. The van der Waals surface area contributed by atoms with Gasteiger partial charge in [-0.3, -0.25) is 14.2 Å². The number of benzene rings is 2. The summed E-state index contributed by atoms with van der Waals surface area (Å²) in [6.07, 6.45) is 0. The summed E-state index contributed by atoms with van der Waals surface area (Å²) >= 11 is 2.59. The van der Waals surface area contributed by atoms with Gasteiger partial charge in [0.25, 0.3) is 5.56 Å². The van der Waals surface area contributed by atoms with Crippen molar-refractivity contribution in [2.24, 2.45) is 0 Å². The summed E-state index contributed by atoms with van der Waals surface area (Å²) in [4.78, 5) is 31.8. The molecule has 0 saturated heterocycles. The van der Waals surface area contributed by atoms with Crippen molar-refractivity contribution in [3.05, 3.63) is 88.2 Å². The second-order valence-corrected chi connectivity index (χ2v) is 9.48. The second kappa shape index (κ2) is 9.81. The predicted molar refractivity (Wildman–Crippen MR) is 140 cm³/mol. The van der Waals surface area contributed by atoms with E-state index in [9.17, 15) is 9.59 Å². The van der Waals surface area contributed by atoms with Gasteiger partial charge in [-0.2, -0.15) is 0 Å². The van der Waals surface area contributed by atoms with E-state index < -0.39 is 0 Å². The normalized spacial score (nSPS) is 11.0. The molecule has 0 radical (unpaired) electrons. The molecule has 0 spiro atoms. The number of furan rings is 1. The Balaban J connectivity index is 1.51. The highest BCUT2D eigenvalue weighted by Crippen LogP contribution is 2.34. The number of methoxy groups -OCH3 is 1. The van der Waals surface area contributed by atoms with Gasteiger partial charge in [-0.25, -0.2) is 4.98 Å². The summed E-state index contributed by atoms with van der Waals surface area (Å²) in [6, 6.07) is 20.2. The summed E-state index contributed by atoms with van der Waals surface area (Å²) in [5, 5.41) is 5.69. The fourth-order valence-electron chi connectivity index (χ4n) is 3.66. The number of amides is 1. The molecule has 0 unspecified atom stereocenters. The van der Waals surface area contributed by atoms with E-state index in [1.165, 1.54) is 23.1 Å². The van der Waals surface area contributed by atoms with Crippen molar-refractivity contribution in [2.75, 3.05) is 18.2 Å². The number of para-hydroxylation sites is 1. The maximum atomic E-state index is 13.8. The van der Waals surface area contributed by atoms with Gasteiger partial charge in [0.15, 0.2) is 5.16 Å². The summed E-state index contributed by atoms with van der Waals surface area (Å²) in [5.74, 6) is 1.92. The SMILES string of the molecule is COc1cccc(NC(=O)CSc2nc3scc(-c4ccc(C)o4)c3c(=O)n2-c2ccccc2)c1. The van der Waals surface area contributed by atoms with E-state index in [-0.39, 0.29) is 17.2 Å². The fourth-order valence-corrected chi connectivity index (χ4v) is 5.44. The number of fused-ring (bicyclic) bond motifs is 1. The zero-order valence-corrected chi connectivity index (χ0v) is 20.6. The van der Waals surface area contributed by atoms with Gasteiger partial charge in [0, 0.05) is 22.7 Å². The molecule has 0 aliphatic rings. The monoisotopic (exact) mass is 503 g/mol. The van der Waals surface area contributed by atoms with E-state index in [1.54, 1.807) is 35.9 Å². The summed E-state index contributed by atoms with van der Waals surface area (Å²) in [6.45, 7) is 1.86. The molecule has 9 heteroatoms. The molecule has 0 aliphatic carbocycles. The van der Waals surface area contributed by atoms with E-state index >= 15 is 0 Å². The number of nitrogens with one attached hydrogen (secondary N) is 1. The largest absolute Gasteiger partial charge is 0.497 e. The number of nitrogens with zero attached hydrogens (tertiary/aromatic N) is 2. The van der Waals surface area contributed by atoms with Gasteiger partial charge < -0.3 is 14.5 Å². The number of ether oxygens (including phenoxy) is 1. The van der Waals surface area contributed by atoms with Crippen molar-refractivity contribution < 1.29 is 13.9 Å². The lowest BCUT2D eigenvalue weighted by Crippen LogP contribution is -2.22. The van der Waals surface area contributed by atoms with Gasteiger partial charge in [0.05, 0.1) is 23.9 Å². The third-order valence-electron chi connectivity index (χ3n) is 5.28. The zero-order chi connectivity index (χ0) is 24.4. The number of anilines is 1. The lowest BCUT2D eigenvalue weighted by molar-refractivity contribution is -0.113. The van der Waals surface area contributed by atoms with Crippen LogP contribution in [0.3, 0.4) is 0 Å². The first-order valence-corrected chi connectivity index (χ1v) is 12.6. The molecular formula is C26H21N3O4S2. The maximum Gasteiger partial charge on any atom is 0.268 e. The number of carbonyl (C=O) groups is 1. The Hall–Kier alpha value is -3.82. The van der Waals surface area contributed by atoms with Gasteiger partial charge in [-0.05, 0) is 43.3 Å². The molecule has 0 bridgehead atoms. The number of aromatic nitrogens is 2. The minimum atomic E-state index is -0.213. The summed E-state index contributed by atoms with van der Waals surface area (Å²) in [5.41, 5.74) is 1.82. The first-order chi connectivity index (χ1) is 17.0. The molecule has 176 valence electrons. The quantitative estimate of drug-likeness (QED) is 0.225. The van der Waals surface area contributed by atoms with E-state index in [4.69, 9.17) is 14.1 Å². The average molecular weight is 504 g/mol. The van der Waals surface area contributed by atoms with Crippen LogP contribution in [0.15, 0.2) is 86.5 Å². The smallest absolute Gasteiger partial charge is 0.268 e. The van der Waals surface area contributed by atoms with Crippen LogP contribution >= 0.6 is 23.1 Å². The predicted octanol–water partition coefficient (Wildman–Crippen LogP) is 5.76. The van der Waals surface area contributed by atoms with Crippen LogP contribution in [-0.2, 0) is 4.79 Å². The van der Waals surface area contributed by atoms with Crippen LogP contribution in [0.5, 0.6) is 5.75 Å². The Bertz CT molecular complexity index is 1570. The van der Waals surface area contributed by atoms with Crippen LogP contribution in [0.4, 0.5) is 5.69 Å². The number of hydrogen-bond donors (Lipinski definition) is 1. The summed E-state index contributed by atoms with van der Waals surface area (Å²) < 4.78 is 12.5. The minimum absolute atomic E-state index is 0.0810. The van der Waals surface area contributed by atoms with Crippen molar-refractivity contribution in [1.29, 1.82) is 0 Å². The van der Waals surface area contributed by atoms with Crippen molar-refractivity contribution in [3.63, 3.8) is 0 Å². The number of thiophene rings is 1. The van der Waals surface area contributed by atoms with Crippen molar-refractivity contribution in [3.8, 4) is 22.8 Å². The molecular weight excluding hydrogens is 482 g/mol. The van der Waals surface area contributed by atoms with E-state index in [2.05, 4.69) is 5.32 Å². The van der Waals surface area contributed by atoms with Crippen molar-refractivity contribution >= 4 is 44.9 Å². The molecule has 0 atom stereocenters. The fraction of sp³-hybridized carbons (Fsp3) is 0.115. The van der Waals surface area contributed by atoms with Crippen molar-refractivity contribution in [2.45, 2.75) is 12.1 Å². The van der Waals surface area contributed by atoms with Crippen LogP contribution < -0.4 is 15.6 Å². The molecule has 2 aromatic carbocycles. The van der Waals surface area contributed by atoms with Gasteiger partial charge >= 0.3 is 0 Å². The highest BCUT2D eigenvalue weighted by molar-refractivity contribution is 7.99. The van der Waals surface area contributed by atoms with E-state index in [1.807, 2.05) is 54.8 Å². The number of rotatable bonds is 7. The molecule has 3 heterocycles. The minimum Gasteiger partial charge on any atom is -0.497 e.